The van der Waals surface area contributed by atoms with Crippen molar-refractivity contribution in [2.75, 3.05) is 13.1 Å². The Labute approximate surface area is 88.6 Å². The van der Waals surface area contributed by atoms with Crippen molar-refractivity contribution in [2.45, 2.75) is 31.1 Å². The van der Waals surface area contributed by atoms with Crippen LogP contribution in [-0.4, -0.2) is 35.6 Å². The van der Waals surface area contributed by atoms with Crippen LogP contribution < -0.4 is 10.6 Å². The molecule has 1 unspecified atom stereocenters. The van der Waals surface area contributed by atoms with Gasteiger partial charge in [-0.15, -0.1) is 12.4 Å². The number of piperidine rings is 1. The molecule has 1 atom stereocenters. The van der Waals surface area contributed by atoms with Gasteiger partial charge in [0.05, 0.1) is 0 Å². The molecule has 2 fully saturated rings. The van der Waals surface area contributed by atoms with Crippen LogP contribution in [0.2, 0.25) is 0 Å². The molecule has 0 aromatic carbocycles. The first-order valence-corrected chi connectivity index (χ1v) is 4.50. The molecule has 14 heavy (non-hydrogen) atoms. The van der Waals surface area contributed by atoms with Crippen molar-refractivity contribution in [2.24, 2.45) is 0 Å². The van der Waals surface area contributed by atoms with Crippen molar-refractivity contribution in [3.63, 3.8) is 0 Å². The number of carbonyl (C=O) groups is 1. The fourth-order valence-corrected chi connectivity index (χ4v) is 2.03. The second-order valence-electron chi connectivity index (χ2n) is 3.83. The summed E-state index contributed by atoms with van der Waals surface area (Å²) in [6.45, 7) is 3.12. The lowest BCUT2D eigenvalue weighted by molar-refractivity contribution is -0.119. The predicted molar refractivity (Wildman–Crippen MR) is 52.3 cm³/mol. The molecule has 0 aromatic heterocycles. The van der Waals surface area contributed by atoms with Gasteiger partial charge >= 0.3 is 6.09 Å². The molecule has 3 N–H and O–H groups in total. The molecule has 0 aliphatic carbocycles. The molecule has 2 aliphatic heterocycles. The minimum absolute atomic E-state index is 0. The maximum Gasteiger partial charge on any atom is 0.410 e. The summed E-state index contributed by atoms with van der Waals surface area (Å²) in [5.74, 6) is 0. The molecule has 1 amide bonds. The van der Waals surface area contributed by atoms with Gasteiger partial charge in [0.15, 0.2) is 11.3 Å². The summed E-state index contributed by atoms with van der Waals surface area (Å²) in [5, 5.41) is 15.5. The highest BCUT2D eigenvalue weighted by molar-refractivity contribution is 5.85. The van der Waals surface area contributed by atoms with Crippen LogP contribution in [-0.2, 0) is 4.74 Å². The minimum atomic E-state index is -1.23. The van der Waals surface area contributed by atoms with Gasteiger partial charge in [0.1, 0.15) is 0 Å². The van der Waals surface area contributed by atoms with Gasteiger partial charge in [-0.05, 0) is 20.0 Å². The molecule has 2 aliphatic rings. The first kappa shape index (κ1) is 11.6. The van der Waals surface area contributed by atoms with E-state index in [1.165, 1.54) is 0 Å². The fraction of sp³-hybridized carbons (Fsp3) is 0.875. The maximum atomic E-state index is 11.0. The van der Waals surface area contributed by atoms with Crippen LogP contribution in [0.15, 0.2) is 0 Å². The zero-order valence-corrected chi connectivity index (χ0v) is 8.82. The van der Waals surface area contributed by atoms with Crippen molar-refractivity contribution in [1.29, 1.82) is 0 Å². The highest BCUT2D eigenvalue weighted by Crippen LogP contribution is 2.37. The van der Waals surface area contributed by atoms with E-state index in [0.717, 1.165) is 13.1 Å². The van der Waals surface area contributed by atoms with Gasteiger partial charge in [-0.1, -0.05) is 0 Å². The summed E-state index contributed by atoms with van der Waals surface area (Å²) < 4.78 is 5.16. The standard InChI is InChI=1S/C8H14N2O3.ClH/c1-7(12)8(13-6(11)10-7)2-4-9-5-3-8;/h9,12H,2-5H2,1H3,(H,10,11);1H. The van der Waals surface area contributed by atoms with Crippen LogP contribution in [0.4, 0.5) is 4.79 Å². The lowest BCUT2D eigenvalue weighted by Crippen LogP contribution is -2.58. The number of rotatable bonds is 0. The Hall–Kier alpha value is -0.520. The highest BCUT2D eigenvalue weighted by atomic mass is 35.5. The summed E-state index contributed by atoms with van der Waals surface area (Å²) in [6, 6.07) is 0. The summed E-state index contributed by atoms with van der Waals surface area (Å²) in [5.41, 5.74) is -1.96. The van der Waals surface area contributed by atoms with E-state index in [1.807, 2.05) is 0 Å². The number of hydrogen-bond acceptors (Lipinski definition) is 4. The first-order chi connectivity index (χ1) is 6.06. The van der Waals surface area contributed by atoms with Crippen LogP contribution in [0.3, 0.4) is 0 Å². The summed E-state index contributed by atoms with van der Waals surface area (Å²) in [4.78, 5) is 11.0. The summed E-state index contributed by atoms with van der Waals surface area (Å²) in [6.07, 6.45) is 0.782. The molecular weight excluding hydrogens is 208 g/mol. The van der Waals surface area contributed by atoms with Gasteiger partial charge in [0.2, 0.25) is 0 Å². The topological polar surface area (TPSA) is 70.6 Å². The monoisotopic (exact) mass is 222 g/mol. The van der Waals surface area contributed by atoms with Crippen LogP contribution in [0.1, 0.15) is 19.8 Å². The first-order valence-electron chi connectivity index (χ1n) is 4.50. The van der Waals surface area contributed by atoms with E-state index in [1.54, 1.807) is 6.92 Å². The second kappa shape index (κ2) is 3.56. The third-order valence-electron chi connectivity index (χ3n) is 2.93. The second-order valence-corrected chi connectivity index (χ2v) is 3.83. The molecule has 0 bridgehead atoms. The van der Waals surface area contributed by atoms with Crippen LogP contribution in [0, 0.1) is 0 Å². The third kappa shape index (κ3) is 1.55. The maximum absolute atomic E-state index is 11.0. The predicted octanol–water partition coefficient (Wildman–Crippen LogP) is -0.0213. The Morgan fingerprint density at radius 3 is 2.43 bits per heavy atom. The van der Waals surface area contributed by atoms with Crippen LogP contribution in [0.25, 0.3) is 0 Å². The molecule has 2 heterocycles. The Balaban J connectivity index is 0.000000980. The van der Waals surface area contributed by atoms with E-state index in [2.05, 4.69) is 10.6 Å². The van der Waals surface area contributed by atoms with E-state index in [4.69, 9.17) is 4.74 Å². The quantitative estimate of drug-likeness (QED) is 0.539. The molecule has 0 saturated carbocycles. The average Bonchev–Trinajstić information content (AvgIpc) is 2.23. The molecule has 0 radical (unpaired) electrons. The lowest BCUT2D eigenvalue weighted by atomic mass is 9.83. The lowest BCUT2D eigenvalue weighted by Gasteiger charge is -2.39. The van der Waals surface area contributed by atoms with Crippen LogP contribution >= 0.6 is 12.4 Å². The van der Waals surface area contributed by atoms with Crippen LogP contribution in [0.5, 0.6) is 0 Å². The zero-order chi connectivity index (χ0) is 9.53. The van der Waals surface area contributed by atoms with Gasteiger partial charge in [-0.2, -0.15) is 0 Å². The number of carbonyl (C=O) groups excluding carboxylic acids is 1. The number of halogens is 1. The third-order valence-corrected chi connectivity index (χ3v) is 2.93. The Kier molecular flexibility index (Phi) is 2.94. The fourth-order valence-electron chi connectivity index (χ4n) is 2.03. The largest absolute Gasteiger partial charge is 0.438 e. The number of hydrogen-bond donors (Lipinski definition) is 3. The molecular formula is C8H15ClN2O3. The van der Waals surface area contributed by atoms with Gasteiger partial charge in [0.25, 0.3) is 0 Å². The molecule has 2 saturated heterocycles. The molecule has 5 nitrogen and oxygen atoms in total. The number of alkyl carbamates (subject to hydrolysis) is 1. The van der Waals surface area contributed by atoms with Crippen molar-refractivity contribution in [3.05, 3.63) is 0 Å². The molecule has 82 valence electrons. The van der Waals surface area contributed by atoms with Gasteiger partial charge in [0, 0.05) is 12.8 Å². The number of nitrogens with one attached hydrogen (secondary N) is 2. The normalized spacial score (nSPS) is 34.6. The summed E-state index contributed by atoms with van der Waals surface area (Å²) in [7, 11) is 0. The van der Waals surface area contributed by atoms with E-state index < -0.39 is 17.4 Å². The van der Waals surface area contributed by atoms with Gasteiger partial charge < -0.3 is 15.2 Å². The molecule has 2 rings (SSSR count). The SMILES string of the molecule is CC1(O)NC(=O)OC12CCNCC2.Cl. The minimum Gasteiger partial charge on any atom is -0.438 e. The number of ether oxygens (including phenoxy) is 1. The molecule has 0 aromatic rings. The Bertz CT molecular complexity index is 239. The number of aliphatic hydroxyl groups is 1. The van der Waals surface area contributed by atoms with Crippen molar-refractivity contribution in [1.82, 2.24) is 10.6 Å². The van der Waals surface area contributed by atoms with E-state index in [-0.39, 0.29) is 12.4 Å². The smallest absolute Gasteiger partial charge is 0.410 e. The van der Waals surface area contributed by atoms with E-state index >= 15 is 0 Å². The van der Waals surface area contributed by atoms with E-state index in [0.29, 0.717) is 12.8 Å². The van der Waals surface area contributed by atoms with Crippen molar-refractivity contribution < 1.29 is 14.6 Å². The average molecular weight is 223 g/mol. The number of amides is 1. The van der Waals surface area contributed by atoms with Crippen molar-refractivity contribution >= 4 is 18.5 Å². The summed E-state index contributed by atoms with van der Waals surface area (Å²) >= 11 is 0. The highest BCUT2D eigenvalue weighted by Gasteiger charge is 2.57. The van der Waals surface area contributed by atoms with Gasteiger partial charge in [-0.3, -0.25) is 5.32 Å². The Morgan fingerprint density at radius 2 is 2.00 bits per heavy atom. The Morgan fingerprint density at radius 1 is 1.43 bits per heavy atom. The van der Waals surface area contributed by atoms with Gasteiger partial charge in [-0.25, -0.2) is 4.79 Å². The molecule has 1 spiro atoms. The molecule has 6 heteroatoms. The zero-order valence-electron chi connectivity index (χ0n) is 8.00. The van der Waals surface area contributed by atoms with E-state index in [9.17, 15) is 9.90 Å². The van der Waals surface area contributed by atoms with Crippen molar-refractivity contribution in [3.8, 4) is 0 Å².